The highest BCUT2D eigenvalue weighted by molar-refractivity contribution is 9.10. The Morgan fingerprint density at radius 1 is 1.38 bits per heavy atom. The molecule has 0 unspecified atom stereocenters. The van der Waals surface area contributed by atoms with Gasteiger partial charge >= 0.3 is 0 Å². The molecule has 0 radical (unpaired) electrons. The summed E-state index contributed by atoms with van der Waals surface area (Å²) in [5.74, 6) is -0.648. The molecule has 0 saturated carbocycles. The Labute approximate surface area is 180 Å². The number of aromatic nitrogens is 2. The molecule has 156 valence electrons. The number of rotatable bonds is 5. The van der Waals surface area contributed by atoms with Gasteiger partial charge in [-0.15, -0.1) is 0 Å². The van der Waals surface area contributed by atoms with E-state index in [9.17, 15) is 19.5 Å². The molecule has 0 aliphatic carbocycles. The molecule has 3 rings (SSSR count). The van der Waals surface area contributed by atoms with Gasteiger partial charge in [-0.05, 0) is 47.8 Å². The van der Waals surface area contributed by atoms with Crippen molar-refractivity contribution in [1.82, 2.24) is 14.5 Å². The first kappa shape index (κ1) is 21.9. The maximum Gasteiger partial charge on any atom is 0.261 e. The van der Waals surface area contributed by atoms with Crippen LogP contribution in [-0.4, -0.2) is 56.5 Å². The second-order valence-corrected chi connectivity index (χ2v) is 8.55. The van der Waals surface area contributed by atoms with E-state index in [-0.39, 0.29) is 29.7 Å². The number of hydrogen-bond donors (Lipinski definition) is 2. The van der Waals surface area contributed by atoms with E-state index < -0.39 is 12.1 Å². The van der Waals surface area contributed by atoms with Gasteiger partial charge in [-0.1, -0.05) is 11.6 Å². The number of benzene rings is 1. The molecule has 1 aliphatic heterocycles. The van der Waals surface area contributed by atoms with E-state index in [1.54, 1.807) is 11.0 Å². The normalized spacial score (nSPS) is 17.3. The highest BCUT2D eigenvalue weighted by Gasteiger charge is 2.31. The average Bonchev–Trinajstić information content (AvgIpc) is 2.70. The predicted octanol–water partition coefficient (Wildman–Crippen LogP) is 1.33. The van der Waals surface area contributed by atoms with Crippen molar-refractivity contribution in [2.45, 2.75) is 38.5 Å². The van der Waals surface area contributed by atoms with Crippen molar-refractivity contribution >= 4 is 50.1 Å². The zero-order chi connectivity index (χ0) is 21.3. The zero-order valence-electron chi connectivity index (χ0n) is 15.8. The quantitative estimate of drug-likeness (QED) is 0.659. The summed E-state index contributed by atoms with van der Waals surface area (Å²) < 4.78 is 1.93. The van der Waals surface area contributed by atoms with Crippen LogP contribution in [0.4, 0.5) is 0 Å². The maximum atomic E-state index is 12.7. The maximum absolute atomic E-state index is 12.7. The lowest BCUT2D eigenvalue weighted by Crippen LogP contribution is -2.52. The average molecular weight is 486 g/mol. The summed E-state index contributed by atoms with van der Waals surface area (Å²) >= 11 is 9.37. The Kier molecular flexibility index (Phi) is 6.72. The third-order valence-corrected chi connectivity index (χ3v) is 6.46. The highest BCUT2D eigenvalue weighted by Crippen LogP contribution is 2.25. The van der Waals surface area contributed by atoms with Gasteiger partial charge in [0, 0.05) is 23.5 Å². The standard InChI is InChI=1S/C19H22BrClN4O4/c1-10(26)17(22)19(29)24-4-2-11(3-5-24)16(27)8-25-9-23-15-7-13(20)14(21)6-12(15)18(25)28/h6-7,9-11,17,26H,2-5,8,22H2,1H3/t10-,17+/m1/s1. The van der Waals surface area contributed by atoms with Crippen molar-refractivity contribution in [2.75, 3.05) is 13.1 Å². The molecule has 1 aromatic carbocycles. The molecular weight excluding hydrogens is 464 g/mol. The minimum absolute atomic E-state index is 0.0802. The highest BCUT2D eigenvalue weighted by atomic mass is 79.9. The number of ketones is 1. The van der Waals surface area contributed by atoms with Crippen molar-refractivity contribution in [2.24, 2.45) is 11.7 Å². The zero-order valence-corrected chi connectivity index (χ0v) is 18.2. The third-order valence-electron chi connectivity index (χ3n) is 5.26. The minimum Gasteiger partial charge on any atom is -0.391 e. The van der Waals surface area contributed by atoms with Crippen LogP contribution in [-0.2, 0) is 16.1 Å². The number of amides is 1. The second kappa shape index (κ2) is 8.91. The fourth-order valence-electron chi connectivity index (χ4n) is 3.40. The number of likely N-dealkylation sites (tertiary alicyclic amines) is 1. The number of carbonyl (C=O) groups excluding carboxylic acids is 2. The molecule has 29 heavy (non-hydrogen) atoms. The van der Waals surface area contributed by atoms with Gasteiger partial charge in [-0.3, -0.25) is 19.0 Å². The number of aliphatic hydroxyl groups excluding tert-OH is 1. The Morgan fingerprint density at radius 3 is 2.66 bits per heavy atom. The largest absolute Gasteiger partial charge is 0.391 e. The Hall–Kier alpha value is -1.81. The van der Waals surface area contributed by atoms with Crippen LogP contribution in [0, 0.1) is 5.92 Å². The smallest absolute Gasteiger partial charge is 0.261 e. The first-order valence-corrected chi connectivity index (χ1v) is 10.5. The number of nitrogens with two attached hydrogens (primary N) is 1. The first-order chi connectivity index (χ1) is 13.7. The van der Waals surface area contributed by atoms with E-state index >= 15 is 0 Å². The van der Waals surface area contributed by atoms with Gasteiger partial charge < -0.3 is 15.7 Å². The lowest BCUT2D eigenvalue weighted by molar-refractivity contribution is -0.138. The molecule has 2 heterocycles. The van der Waals surface area contributed by atoms with Crippen LogP contribution in [0.25, 0.3) is 10.9 Å². The van der Waals surface area contributed by atoms with Crippen LogP contribution in [0.15, 0.2) is 27.7 Å². The number of Topliss-reactive ketones (excluding diaryl/α,β-unsaturated/α-hetero) is 1. The van der Waals surface area contributed by atoms with Crippen molar-refractivity contribution in [3.8, 4) is 0 Å². The number of carbonyl (C=O) groups is 2. The fourth-order valence-corrected chi connectivity index (χ4v) is 3.90. The Bertz CT molecular complexity index is 1000. The van der Waals surface area contributed by atoms with Crippen molar-refractivity contribution < 1.29 is 14.7 Å². The molecule has 2 atom stereocenters. The molecule has 0 spiro atoms. The molecule has 1 aliphatic rings. The number of piperidine rings is 1. The van der Waals surface area contributed by atoms with Gasteiger partial charge in [0.15, 0.2) is 5.78 Å². The van der Waals surface area contributed by atoms with Crippen LogP contribution in [0.2, 0.25) is 5.02 Å². The summed E-state index contributed by atoms with van der Waals surface area (Å²) in [5.41, 5.74) is 5.87. The molecule has 1 amide bonds. The molecule has 1 fully saturated rings. The lowest BCUT2D eigenvalue weighted by Gasteiger charge is -2.33. The minimum atomic E-state index is -0.962. The first-order valence-electron chi connectivity index (χ1n) is 9.28. The molecule has 8 nitrogen and oxygen atoms in total. The topological polar surface area (TPSA) is 119 Å². The Balaban J connectivity index is 1.67. The number of hydrogen-bond acceptors (Lipinski definition) is 6. The van der Waals surface area contributed by atoms with E-state index in [0.717, 1.165) is 0 Å². The summed E-state index contributed by atoms with van der Waals surface area (Å²) in [4.78, 5) is 43.4. The summed E-state index contributed by atoms with van der Waals surface area (Å²) in [6, 6.07) is 2.24. The van der Waals surface area contributed by atoms with Crippen LogP contribution in [0.3, 0.4) is 0 Å². The summed E-state index contributed by atoms with van der Waals surface area (Å²) in [6.45, 7) is 2.18. The van der Waals surface area contributed by atoms with Gasteiger partial charge in [0.2, 0.25) is 5.91 Å². The monoisotopic (exact) mass is 484 g/mol. The Morgan fingerprint density at radius 2 is 2.03 bits per heavy atom. The summed E-state index contributed by atoms with van der Waals surface area (Å²) in [6.07, 6.45) is 1.42. The predicted molar refractivity (Wildman–Crippen MR) is 113 cm³/mol. The summed E-state index contributed by atoms with van der Waals surface area (Å²) in [7, 11) is 0. The second-order valence-electron chi connectivity index (χ2n) is 7.29. The third kappa shape index (κ3) is 4.69. The molecule has 1 saturated heterocycles. The van der Waals surface area contributed by atoms with Gasteiger partial charge in [0.05, 0.1) is 34.9 Å². The molecule has 2 aromatic rings. The van der Waals surface area contributed by atoms with Gasteiger partial charge in [0.1, 0.15) is 6.04 Å². The SMILES string of the molecule is C[C@@H](O)[C@H](N)C(=O)N1CCC(C(=O)Cn2cnc3cc(Br)c(Cl)cc3c2=O)CC1. The molecule has 1 aromatic heterocycles. The van der Waals surface area contributed by atoms with E-state index in [0.29, 0.717) is 46.3 Å². The van der Waals surface area contributed by atoms with Crippen LogP contribution >= 0.6 is 27.5 Å². The van der Waals surface area contributed by atoms with Gasteiger partial charge in [0.25, 0.3) is 5.56 Å². The van der Waals surface area contributed by atoms with Gasteiger partial charge in [-0.25, -0.2) is 4.98 Å². The van der Waals surface area contributed by atoms with E-state index in [4.69, 9.17) is 17.3 Å². The number of halogens is 2. The van der Waals surface area contributed by atoms with Crippen molar-refractivity contribution in [3.05, 3.63) is 38.3 Å². The molecular formula is C19H22BrClN4O4. The molecule has 0 bridgehead atoms. The van der Waals surface area contributed by atoms with E-state index in [1.165, 1.54) is 23.9 Å². The van der Waals surface area contributed by atoms with Crippen molar-refractivity contribution in [1.29, 1.82) is 0 Å². The molecule has 10 heteroatoms. The fraction of sp³-hybridized carbons (Fsp3) is 0.474. The number of fused-ring (bicyclic) bond motifs is 1. The van der Waals surface area contributed by atoms with Gasteiger partial charge in [-0.2, -0.15) is 0 Å². The summed E-state index contributed by atoms with van der Waals surface area (Å²) in [5, 5.41) is 10.2. The van der Waals surface area contributed by atoms with Crippen LogP contribution < -0.4 is 11.3 Å². The molecule has 3 N–H and O–H groups in total. The van der Waals surface area contributed by atoms with Crippen LogP contribution in [0.5, 0.6) is 0 Å². The number of nitrogens with zero attached hydrogens (tertiary/aromatic N) is 3. The van der Waals surface area contributed by atoms with E-state index in [1.807, 2.05) is 0 Å². The number of aliphatic hydroxyl groups is 1. The van der Waals surface area contributed by atoms with Crippen LogP contribution in [0.1, 0.15) is 19.8 Å². The van der Waals surface area contributed by atoms with E-state index in [2.05, 4.69) is 20.9 Å². The van der Waals surface area contributed by atoms with Crippen molar-refractivity contribution in [3.63, 3.8) is 0 Å². The lowest BCUT2D eigenvalue weighted by atomic mass is 9.92.